The van der Waals surface area contributed by atoms with Crippen LogP contribution in [0.3, 0.4) is 0 Å². The first-order valence-electron chi connectivity index (χ1n) is 5.57. The highest BCUT2D eigenvalue weighted by Crippen LogP contribution is 2.31. The van der Waals surface area contributed by atoms with Gasteiger partial charge in [-0.15, -0.1) is 0 Å². The van der Waals surface area contributed by atoms with Crippen LogP contribution in [0.2, 0.25) is 0 Å². The van der Waals surface area contributed by atoms with E-state index in [4.69, 9.17) is 22.8 Å². The maximum Gasteiger partial charge on any atom is 0.180 e. The van der Waals surface area contributed by atoms with Crippen LogP contribution < -0.4 is 16.6 Å². The van der Waals surface area contributed by atoms with Gasteiger partial charge in [0.15, 0.2) is 5.11 Å². The minimum atomic E-state index is 0.0279. The number of thiocarbonyl (C=S) groups is 1. The topological polar surface area (TPSA) is 59.3 Å². The van der Waals surface area contributed by atoms with Crippen LogP contribution in [0.25, 0.3) is 0 Å². The third kappa shape index (κ3) is 3.29. The molecule has 1 rings (SSSR count). The molecule has 0 aromatic carbocycles. The van der Waals surface area contributed by atoms with Crippen LogP contribution in [-0.2, 0) is 4.74 Å². The fourth-order valence-electron chi connectivity index (χ4n) is 2.12. The fraction of sp³-hybridized carbons (Fsp3) is 0.900. The fourth-order valence-corrected chi connectivity index (χ4v) is 2.29. The van der Waals surface area contributed by atoms with Gasteiger partial charge in [-0.1, -0.05) is 13.8 Å². The van der Waals surface area contributed by atoms with Crippen LogP contribution in [-0.4, -0.2) is 23.4 Å². The molecule has 0 aromatic rings. The number of nitrogens with two attached hydrogens (primary N) is 1. The van der Waals surface area contributed by atoms with Gasteiger partial charge < -0.3 is 15.5 Å². The van der Waals surface area contributed by atoms with Gasteiger partial charge in [-0.3, -0.25) is 0 Å². The van der Waals surface area contributed by atoms with E-state index in [1.807, 2.05) is 0 Å². The molecule has 0 spiro atoms. The van der Waals surface area contributed by atoms with Crippen LogP contribution in [0.15, 0.2) is 0 Å². The molecule has 1 heterocycles. The molecule has 0 bridgehead atoms. The number of ether oxygens (including phenoxy) is 1. The summed E-state index contributed by atoms with van der Waals surface area (Å²) < 4.78 is 5.87. The molecule has 1 unspecified atom stereocenters. The smallest absolute Gasteiger partial charge is 0.180 e. The second-order valence-corrected chi connectivity index (χ2v) is 4.45. The molecule has 0 radical (unpaired) electrons. The first-order valence-corrected chi connectivity index (χ1v) is 5.97. The van der Waals surface area contributed by atoms with E-state index in [-0.39, 0.29) is 5.60 Å². The van der Waals surface area contributed by atoms with E-state index < -0.39 is 0 Å². The Hall–Kier alpha value is -0.390. The minimum Gasteiger partial charge on any atom is -0.375 e. The number of rotatable bonds is 3. The summed E-state index contributed by atoms with van der Waals surface area (Å²) in [5.74, 6) is 5.24. The van der Waals surface area contributed by atoms with Gasteiger partial charge in [0, 0.05) is 12.6 Å². The van der Waals surface area contributed by atoms with Gasteiger partial charge in [0.25, 0.3) is 0 Å². The summed E-state index contributed by atoms with van der Waals surface area (Å²) in [5, 5.41) is 3.72. The molecule has 1 aliphatic heterocycles. The minimum absolute atomic E-state index is 0.0279. The zero-order valence-electron chi connectivity index (χ0n) is 9.51. The average molecular weight is 231 g/mol. The van der Waals surface area contributed by atoms with E-state index in [1.54, 1.807) is 0 Å². The summed E-state index contributed by atoms with van der Waals surface area (Å²) in [6.45, 7) is 5.14. The maximum atomic E-state index is 5.87. The van der Waals surface area contributed by atoms with Crippen LogP contribution in [0, 0.1) is 0 Å². The highest BCUT2D eigenvalue weighted by atomic mass is 32.1. The van der Waals surface area contributed by atoms with E-state index in [9.17, 15) is 0 Å². The number of hydrogen-bond donors (Lipinski definition) is 3. The third-order valence-corrected chi connectivity index (χ3v) is 3.48. The molecule has 88 valence electrons. The van der Waals surface area contributed by atoms with Gasteiger partial charge in [0.2, 0.25) is 0 Å². The number of nitrogens with one attached hydrogen (secondary N) is 2. The summed E-state index contributed by atoms with van der Waals surface area (Å²) in [7, 11) is 0. The van der Waals surface area contributed by atoms with Gasteiger partial charge in [-0.2, -0.15) is 0 Å². The lowest BCUT2D eigenvalue weighted by molar-refractivity contribution is -0.0910. The van der Waals surface area contributed by atoms with E-state index in [2.05, 4.69) is 24.6 Å². The van der Waals surface area contributed by atoms with Crippen molar-refractivity contribution < 1.29 is 4.74 Å². The van der Waals surface area contributed by atoms with E-state index in [1.165, 1.54) is 0 Å². The lowest BCUT2D eigenvalue weighted by atomic mass is 9.86. The van der Waals surface area contributed by atoms with Crippen LogP contribution in [0.1, 0.15) is 39.5 Å². The molecule has 0 aliphatic carbocycles. The largest absolute Gasteiger partial charge is 0.375 e. The highest BCUT2D eigenvalue weighted by molar-refractivity contribution is 7.80. The summed E-state index contributed by atoms with van der Waals surface area (Å²) in [6.07, 6.45) is 4.08. The first kappa shape index (κ1) is 12.7. The molecule has 15 heavy (non-hydrogen) atoms. The molecule has 1 atom stereocenters. The van der Waals surface area contributed by atoms with Crippen molar-refractivity contribution in [2.24, 2.45) is 5.84 Å². The van der Waals surface area contributed by atoms with E-state index in [0.717, 1.165) is 32.3 Å². The van der Waals surface area contributed by atoms with Crippen LogP contribution in [0.5, 0.6) is 0 Å². The zero-order valence-corrected chi connectivity index (χ0v) is 10.3. The molecule has 1 saturated heterocycles. The van der Waals surface area contributed by atoms with E-state index in [0.29, 0.717) is 11.2 Å². The van der Waals surface area contributed by atoms with Crippen molar-refractivity contribution in [2.45, 2.75) is 51.2 Å². The van der Waals surface area contributed by atoms with Crippen LogP contribution >= 0.6 is 12.2 Å². The van der Waals surface area contributed by atoms with Crippen molar-refractivity contribution in [2.75, 3.05) is 6.61 Å². The molecule has 1 aliphatic rings. The standard InChI is InChI=1S/C10H21N3OS/c1-3-10(4-2)7-8(5-6-14-10)12-9(15)13-11/h8H,3-7,11H2,1-2H3,(H2,12,13,15). The van der Waals surface area contributed by atoms with Crippen LogP contribution in [0.4, 0.5) is 0 Å². The Morgan fingerprint density at radius 2 is 2.20 bits per heavy atom. The molecule has 4 nitrogen and oxygen atoms in total. The second-order valence-electron chi connectivity index (χ2n) is 4.05. The Morgan fingerprint density at radius 3 is 2.73 bits per heavy atom. The van der Waals surface area contributed by atoms with Crippen molar-refractivity contribution in [3.63, 3.8) is 0 Å². The molecular formula is C10H21N3OS. The zero-order chi connectivity index (χ0) is 11.3. The predicted octanol–water partition coefficient (Wildman–Crippen LogP) is 1.06. The third-order valence-electron chi connectivity index (χ3n) is 3.25. The molecule has 5 heteroatoms. The van der Waals surface area contributed by atoms with Crippen molar-refractivity contribution >= 4 is 17.3 Å². The summed E-state index contributed by atoms with van der Waals surface area (Å²) in [5.41, 5.74) is 2.48. The van der Waals surface area contributed by atoms with Gasteiger partial charge in [0.1, 0.15) is 0 Å². The lowest BCUT2D eigenvalue weighted by Gasteiger charge is -2.40. The van der Waals surface area contributed by atoms with Gasteiger partial charge in [-0.05, 0) is 37.9 Å². The van der Waals surface area contributed by atoms with Gasteiger partial charge >= 0.3 is 0 Å². The summed E-state index contributed by atoms with van der Waals surface area (Å²) in [6, 6.07) is 0.377. The average Bonchev–Trinajstić information content (AvgIpc) is 2.29. The summed E-state index contributed by atoms with van der Waals surface area (Å²) in [4.78, 5) is 0. The normalized spacial score (nSPS) is 24.6. The summed E-state index contributed by atoms with van der Waals surface area (Å²) >= 11 is 5.00. The Kier molecular flexibility index (Phi) is 4.76. The van der Waals surface area contributed by atoms with Crippen molar-refractivity contribution in [1.82, 2.24) is 10.7 Å². The molecule has 0 amide bonds. The molecular weight excluding hydrogens is 210 g/mol. The van der Waals surface area contributed by atoms with Crippen molar-refractivity contribution in [3.8, 4) is 0 Å². The number of hydrogen-bond acceptors (Lipinski definition) is 3. The van der Waals surface area contributed by atoms with Crippen molar-refractivity contribution in [1.29, 1.82) is 0 Å². The SMILES string of the molecule is CCC1(CC)CC(NC(=S)NN)CCO1. The molecule has 0 aromatic heterocycles. The maximum absolute atomic E-state index is 5.87. The Bertz CT molecular complexity index is 219. The first-order chi connectivity index (χ1) is 7.15. The monoisotopic (exact) mass is 231 g/mol. The molecule has 0 saturated carbocycles. The van der Waals surface area contributed by atoms with Gasteiger partial charge in [0.05, 0.1) is 5.60 Å². The molecule has 1 fully saturated rings. The van der Waals surface area contributed by atoms with E-state index >= 15 is 0 Å². The number of hydrazine groups is 1. The van der Waals surface area contributed by atoms with Gasteiger partial charge in [-0.25, -0.2) is 5.84 Å². The Labute approximate surface area is 96.9 Å². The Morgan fingerprint density at radius 1 is 1.53 bits per heavy atom. The Balaban J connectivity index is 2.51. The predicted molar refractivity (Wildman–Crippen MR) is 65.3 cm³/mol. The quantitative estimate of drug-likeness (QED) is 0.385. The lowest BCUT2D eigenvalue weighted by Crippen LogP contribution is -2.51. The second kappa shape index (κ2) is 5.63. The van der Waals surface area contributed by atoms with Crippen molar-refractivity contribution in [3.05, 3.63) is 0 Å². The highest BCUT2D eigenvalue weighted by Gasteiger charge is 2.34. The molecule has 4 N–H and O–H groups in total.